The zero-order chi connectivity index (χ0) is 20.6. The molecule has 0 amide bonds. The number of halogens is 5. The average Bonchev–Trinajstić information content (AvgIpc) is 2.54. The summed E-state index contributed by atoms with van der Waals surface area (Å²) in [5.41, 5.74) is -0.0903. The van der Waals surface area contributed by atoms with Crippen LogP contribution in [-0.2, 0) is 0 Å². The summed E-state index contributed by atoms with van der Waals surface area (Å²) < 4.78 is 72.9. The Morgan fingerprint density at radius 2 is 1.85 bits per heavy atom. The maximum atomic E-state index is 14.1. The van der Waals surface area contributed by atoms with E-state index in [1.54, 1.807) is 6.07 Å². The SMILES string of the molecule is CCC(CC)C(=C/C(F)=C/C(F)(F)Oc1ccc(C#N)c(F)c1)/C=C(\C)F. The number of hydrogen-bond acceptors (Lipinski definition) is 2. The maximum absolute atomic E-state index is 14.1. The lowest BCUT2D eigenvalue weighted by Crippen LogP contribution is -2.22. The molecule has 0 aliphatic heterocycles. The fraction of sp³-hybridized carbons (Fsp3) is 0.350. The van der Waals surface area contributed by atoms with E-state index in [-0.39, 0.29) is 23.1 Å². The summed E-state index contributed by atoms with van der Waals surface area (Å²) in [4.78, 5) is 0. The van der Waals surface area contributed by atoms with Crippen LogP contribution in [0, 0.1) is 23.1 Å². The number of nitrogens with zero attached hydrogens (tertiary/aromatic N) is 1. The van der Waals surface area contributed by atoms with Gasteiger partial charge in [-0.15, -0.1) is 0 Å². The van der Waals surface area contributed by atoms with Crippen LogP contribution in [-0.4, -0.2) is 6.11 Å². The molecule has 0 N–H and O–H groups in total. The summed E-state index contributed by atoms with van der Waals surface area (Å²) in [6, 6.07) is 4.10. The monoisotopic (exact) mass is 385 g/mol. The number of allylic oxidation sites excluding steroid dienone is 5. The summed E-state index contributed by atoms with van der Waals surface area (Å²) in [5, 5.41) is 8.62. The lowest BCUT2D eigenvalue weighted by atomic mass is 9.92. The van der Waals surface area contributed by atoms with Gasteiger partial charge in [-0.1, -0.05) is 13.8 Å². The highest BCUT2D eigenvalue weighted by molar-refractivity contribution is 5.37. The molecule has 0 fully saturated rings. The Morgan fingerprint density at radius 3 is 2.33 bits per heavy atom. The summed E-state index contributed by atoms with van der Waals surface area (Å²) in [6.07, 6.45) is -1.06. The second kappa shape index (κ2) is 9.91. The standard InChI is InChI=1S/C20H20F5NO/c1-4-14(5-2)16(8-13(3)21)9-17(22)11-20(24,25)27-18-7-6-15(12-26)19(23)10-18/h6-11,14H,4-5H2,1-3H3/b13-8+,16-9+,17-11-. The molecule has 0 radical (unpaired) electrons. The fourth-order valence-corrected chi connectivity index (χ4v) is 2.47. The molecule has 1 aromatic rings. The Balaban J connectivity index is 3.11. The molecule has 0 aromatic heterocycles. The highest BCUT2D eigenvalue weighted by Crippen LogP contribution is 2.28. The molecule has 0 aliphatic carbocycles. The third kappa shape index (κ3) is 7.26. The largest absolute Gasteiger partial charge is 0.429 e. The lowest BCUT2D eigenvalue weighted by Gasteiger charge is -2.16. The van der Waals surface area contributed by atoms with Crippen molar-refractivity contribution in [3.8, 4) is 11.8 Å². The first-order chi connectivity index (χ1) is 12.6. The van der Waals surface area contributed by atoms with Crippen LogP contribution in [0.2, 0.25) is 0 Å². The molecule has 27 heavy (non-hydrogen) atoms. The number of benzene rings is 1. The molecule has 1 rings (SSSR count). The molecule has 0 bridgehead atoms. The zero-order valence-electron chi connectivity index (χ0n) is 15.2. The summed E-state index contributed by atoms with van der Waals surface area (Å²) in [6.45, 7) is 4.82. The van der Waals surface area contributed by atoms with Crippen LogP contribution in [0.5, 0.6) is 5.75 Å². The summed E-state index contributed by atoms with van der Waals surface area (Å²) in [5.74, 6) is -3.68. The normalized spacial score (nSPS) is 13.7. The van der Waals surface area contributed by atoms with Crippen molar-refractivity contribution in [3.63, 3.8) is 0 Å². The number of nitriles is 1. The molecule has 2 nitrogen and oxygen atoms in total. The van der Waals surface area contributed by atoms with Gasteiger partial charge in [0.25, 0.3) is 0 Å². The third-order valence-corrected chi connectivity index (χ3v) is 3.75. The van der Waals surface area contributed by atoms with Gasteiger partial charge in [-0.2, -0.15) is 14.0 Å². The molecule has 0 heterocycles. The Hall–Kier alpha value is -2.62. The van der Waals surface area contributed by atoms with Crippen molar-refractivity contribution in [1.29, 1.82) is 5.26 Å². The van der Waals surface area contributed by atoms with Crippen molar-refractivity contribution < 1.29 is 26.7 Å². The first-order valence-corrected chi connectivity index (χ1v) is 8.32. The zero-order valence-corrected chi connectivity index (χ0v) is 15.2. The molecule has 7 heteroatoms. The van der Waals surface area contributed by atoms with Gasteiger partial charge >= 0.3 is 6.11 Å². The van der Waals surface area contributed by atoms with E-state index in [0.29, 0.717) is 18.9 Å². The second-order valence-electron chi connectivity index (χ2n) is 5.84. The van der Waals surface area contributed by atoms with Gasteiger partial charge in [-0.3, -0.25) is 0 Å². The van der Waals surface area contributed by atoms with Crippen LogP contribution in [0.15, 0.2) is 53.7 Å². The predicted octanol–water partition coefficient (Wildman–Crippen LogP) is 6.76. The average molecular weight is 385 g/mol. The van der Waals surface area contributed by atoms with E-state index in [0.717, 1.165) is 24.3 Å². The van der Waals surface area contributed by atoms with E-state index in [1.165, 1.54) is 6.92 Å². The van der Waals surface area contributed by atoms with Gasteiger partial charge in [0.15, 0.2) is 0 Å². The number of alkyl halides is 2. The summed E-state index contributed by atoms with van der Waals surface area (Å²) in [7, 11) is 0. The highest BCUT2D eigenvalue weighted by atomic mass is 19.3. The van der Waals surface area contributed by atoms with E-state index in [9.17, 15) is 22.0 Å². The van der Waals surface area contributed by atoms with E-state index < -0.39 is 29.3 Å². The Kier molecular flexibility index (Phi) is 8.23. The molecule has 0 saturated carbocycles. The molecule has 0 unspecified atom stereocenters. The van der Waals surface area contributed by atoms with Crippen LogP contribution in [0.25, 0.3) is 0 Å². The number of ether oxygens (including phenoxy) is 1. The minimum atomic E-state index is -4.07. The smallest absolute Gasteiger partial charge is 0.422 e. The maximum Gasteiger partial charge on any atom is 0.422 e. The highest BCUT2D eigenvalue weighted by Gasteiger charge is 2.30. The van der Waals surface area contributed by atoms with E-state index in [1.807, 2.05) is 13.8 Å². The molecule has 0 saturated heterocycles. The van der Waals surface area contributed by atoms with Gasteiger partial charge in [0, 0.05) is 6.07 Å². The van der Waals surface area contributed by atoms with Crippen molar-refractivity contribution in [2.45, 2.75) is 39.7 Å². The predicted molar refractivity (Wildman–Crippen MR) is 92.9 cm³/mol. The van der Waals surface area contributed by atoms with Gasteiger partial charge in [0.2, 0.25) is 0 Å². The van der Waals surface area contributed by atoms with Gasteiger partial charge in [0.05, 0.1) is 17.5 Å². The van der Waals surface area contributed by atoms with E-state index in [4.69, 9.17) is 5.26 Å². The van der Waals surface area contributed by atoms with Gasteiger partial charge in [-0.25, -0.2) is 13.2 Å². The van der Waals surface area contributed by atoms with Gasteiger partial charge in [0.1, 0.15) is 23.5 Å². The van der Waals surface area contributed by atoms with Crippen LogP contribution in [0.4, 0.5) is 22.0 Å². The second-order valence-corrected chi connectivity index (χ2v) is 5.84. The van der Waals surface area contributed by atoms with Crippen molar-refractivity contribution >= 4 is 0 Å². The Bertz CT molecular complexity index is 782. The van der Waals surface area contributed by atoms with Crippen molar-refractivity contribution in [2.24, 2.45) is 5.92 Å². The molecule has 0 spiro atoms. The lowest BCUT2D eigenvalue weighted by molar-refractivity contribution is -0.132. The molecular weight excluding hydrogens is 365 g/mol. The van der Waals surface area contributed by atoms with E-state index in [2.05, 4.69) is 4.74 Å². The van der Waals surface area contributed by atoms with Crippen LogP contribution in [0.3, 0.4) is 0 Å². The van der Waals surface area contributed by atoms with Crippen LogP contribution >= 0.6 is 0 Å². The first kappa shape index (κ1) is 22.4. The number of rotatable bonds is 8. The third-order valence-electron chi connectivity index (χ3n) is 3.75. The minimum Gasteiger partial charge on any atom is -0.429 e. The topological polar surface area (TPSA) is 33.0 Å². The Morgan fingerprint density at radius 1 is 1.22 bits per heavy atom. The quantitative estimate of drug-likeness (QED) is 0.366. The van der Waals surface area contributed by atoms with Gasteiger partial charge in [-0.05, 0) is 55.5 Å². The van der Waals surface area contributed by atoms with Crippen molar-refractivity contribution in [1.82, 2.24) is 0 Å². The Labute approximate surface area is 155 Å². The molecule has 146 valence electrons. The number of hydrogen-bond donors (Lipinski definition) is 0. The van der Waals surface area contributed by atoms with Crippen molar-refractivity contribution in [3.05, 3.63) is 65.0 Å². The van der Waals surface area contributed by atoms with E-state index >= 15 is 0 Å². The summed E-state index contributed by atoms with van der Waals surface area (Å²) >= 11 is 0. The molecule has 1 aromatic carbocycles. The van der Waals surface area contributed by atoms with Gasteiger partial charge < -0.3 is 4.74 Å². The fourth-order valence-electron chi connectivity index (χ4n) is 2.47. The van der Waals surface area contributed by atoms with Crippen molar-refractivity contribution in [2.75, 3.05) is 0 Å². The minimum absolute atomic E-state index is 0.0765. The molecule has 0 aliphatic rings. The first-order valence-electron chi connectivity index (χ1n) is 8.32. The molecular formula is C20H20F5NO. The van der Waals surface area contributed by atoms with Crippen LogP contribution < -0.4 is 4.74 Å². The van der Waals surface area contributed by atoms with Crippen LogP contribution in [0.1, 0.15) is 39.2 Å². The molecule has 0 atom stereocenters.